The summed E-state index contributed by atoms with van der Waals surface area (Å²) >= 11 is 0. The first-order chi connectivity index (χ1) is 36.5. The Morgan fingerprint density at radius 3 is 0.865 bits per heavy atom. The monoisotopic (exact) mass is 1020 g/mol. The lowest BCUT2D eigenvalue weighted by atomic mass is 10.1. The van der Waals surface area contributed by atoms with Crippen LogP contribution in [0.1, 0.15) is 233 Å². The van der Waals surface area contributed by atoms with Crippen molar-refractivity contribution in [1.82, 2.24) is 0 Å². The fourth-order valence-electron chi connectivity index (χ4n) is 7.39. The highest BCUT2D eigenvalue weighted by atomic mass is 16.6. The van der Waals surface area contributed by atoms with Gasteiger partial charge in [0.1, 0.15) is 13.2 Å². The maximum atomic E-state index is 12.8. The minimum absolute atomic E-state index is 0.112. The Morgan fingerprint density at radius 1 is 0.284 bits per heavy atom. The zero-order valence-electron chi connectivity index (χ0n) is 47.3. The standard InChI is InChI=1S/C68H106O6/c1-4-7-10-13-16-19-22-24-26-28-30-32-33-34-35-37-38-40-42-44-46-49-52-55-58-61-67(70)73-64-65(63-72-66(69)60-57-54-51-48-21-18-15-12-9-6-3)74-68(71)62-59-56-53-50-47-45-43-41-39-36-31-29-27-25-23-20-17-14-11-8-5-2/h7-8,10-12,15-17,19-20,24-27,30-32,34-36,38,40-41,43,47,50,65H,4-6,9,13-14,18,21-23,28-29,33,37,39,42,44-46,48-49,51-64H2,1-3H3/b10-7-,11-8-,15-12-,19-16-,20-17-,26-24-,27-25-,32-30-,35-34-,36-31-,40-38-,43-41-,50-47-. The molecule has 0 fully saturated rings. The van der Waals surface area contributed by atoms with Crippen molar-refractivity contribution in [1.29, 1.82) is 0 Å². The van der Waals surface area contributed by atoms with E-state index in [1.165, 1.54) is 25.7 Å². The van der Waals surface area contributed by atoms with E-state index >= 15 is 0 Å². The van der Waals surface area contributed by atoms with Gasteiger partial charge in [0.25, 0.3) is 0 Å². The molecule has 0 aliphatic heterocycles. The first kappa shape index (κ1) is 69.0. The van der Waals surface area contributed by atoms with Crippen LogP contribution in [0.3, 0.4) is 0 Å². The summed E-state index contributed by atoms with van der Waals surface area (Å²) in [5.41, 5.74) is 0. The maximum absolute atomic E-state index is 12.8. The Labute approximate surface area is 454 Å². The van der Waals surface area contributed by atoms with Gasteiger partial charge in [-0.15, -0.1) is 0 Å². The van der Waals surface area contributed by atoms with E-state index in [4.69, 9.17) is 14.2 Å². The fourth-order valence-corrected chi connectivity index (χ4v) is 7.39. The third kappa shape index (κ3) is 57.9. The molecule has 0 aliphatic rings. The number of carbonyl (C=O) groups is 3. The van der Waals surface area contributed by atoms with Crippen molar-refractivity contribution in [2.45, 2.75) is 239 Å². The first-order valence-corrected chi connectivity index (χ1v) is 29.5. The highest BCUT2D eigenvalue weighted by molar-refractivity contribution is 5.71. The van der Waals surface area contributed by atoms with Crippen molar-refractivity contribution in [2.24, 2.45) is 0 Å². The zero-order chi connectivity index (χ0) is 53.6. The van der Waals surface area contributed by atoms with Crippen molar-refractivity contribution >= 4 is 17.9 Å². The van der Waals surface area contributed by atoms with Gasteiger partial charge >= 0.3 is 17.9 Å². The molecule has 0 saturated heterocycles. The van der Waals surface area contributed by atoms with Crippen LogP contribution in [-0.2, 0) is 28.6 Å². The fraction of sp³-hybridized carbons (Fsp3) is 0.574. The molecule has 0 spiro atoms. The smallest absolute Gasteiger partial charge is 0.306 e. The Balaban J connectivity index is 4.44. The van der Waals surface area contributed by atoms with Gasteiger partial charge in [-0.05, 0) is 141 Å². The van der Waals surface area contributed by atoms with Gasteiger partial charge in [0, 0.05) is 19.3 Å². The highest BCUT2D eigenvalue weighted by Crippen LogP contribution is 2.13. The lowest BCUT2D eigenvalue weighted by molar-refractivity contribution is -0.167. The van der Waals surface area contributed by atoms with Crippen LogP contribution in [0.5, 0.6) is 0 Å². The van der Waals surface area contributed by atoms with Gasteiger partial charge in [-0.2, -0.15) is 0 Å². The first-order valence-electron chi connectivity index (χ1n) is 29.5. The second-order valence-electron chi connectivity index (χ2n) is 18.8. The maximum Gasteiger partial charge on any atom is 0.306 e. The molecule has 0 aromatic rings. The molecule has 1 unspecified atom stereocenters. The number of rotatable bonds is 51. The normalized spacial score (nSPS) is 13.3. The molecule has 6 nitrogen and oxygen atoms in total. The summed E-state index contributed by atoms with van der Waals surface area (Å²) in [5.74, 6) is -0.990. The molecule has 0 aliphatic carbocycles. The quantitative estimate of drug-likeness (QED) is 0.0261. The molecule has 0 aromatic heterocycles. The van der Waals surface area contributed by atoms with Gasteiger partial charge in [-0.1, -0.05) is 230 Å². The number of ether oxygens (including phenoxy) is 3. The van der Waals surface area contributed by atoms with Gasteiger partial charge < -0.3 is 14.2 Å². The van der Waals surface area contributed by atoms with E-state index < -0.39 is 6.10 Å². The Morgan fingerprint density at radius 2 is 0.527 bits per heavy atom. The molecular weight excluding hydrogens is 913 g/mol. The number of hydrogen-bond acceptors (Lipinski definition) is 6. The third-order valence-electron chi connectivity index (χ3n) is 11.7. The molecule has 0 bridgehead atoms. The van der Waals surface area contributed by atoms with E-state index in [1.54, 1.807) is 0 Å². The van der Waals surface area contributed by atoms with Crippen molar-refractivity contribution in [3.8, 4) is 0 Å². The van der Waals surface area contributed by atoms with Crippen LogP contribution in [0.2, 0.25) is 0 Å². The molecule has 0 radical (unpaired) electrons. The van der Waals surface area contributed by atoms with Crippen LogP contribution in [0.15, 0.2) is 158 Å². The van der Waals surface area contributed by atoms with Crippen LogP contribution in [0, 0.1) is 0 Å². The summed E-state index contributed by atoms with van der Waals surface area (Å²) in [5, 5.41) is 0. The SMILES string of the molecule is CC/C=C\C/C=C\C/C=C\C/C=C\C/C=C\C/C=C\CCCCCCCCC(=O)OCC(COC(=O)CCCCCCC/C=C\CCC)OC(=O)CCCC/C=C\C/C=C\C/C=C\C/C=C\C/C=C\C/C=C\CC. The molecule has 0 heterocycles. The van der Waals surface area contributed by atoms with Crippen molar-refractivity contribution in [3.05, 3.63) is 158 Å². The van der Waals surface area contributed by atoms with Crippen LogP contribution >= 0.6 is 0 Å². The molecule has 0 aromatic carbocycles. The lowest BCUT2D eigenvalue weighted by Crippen LogP contribution is -2.30. The van der Waals surface area contributed by atoms with Gasteiger partial charge in [0.15, 0.2) is 6.10 Å². The zero-order valence-corrected chi connectivity index (χ0v) is 47.3. The topological polar surface area (TPSA) is 78.9 Å². The molecule has 0 rings (SSSR count). The molecule has 0 amide bonds. The summed E-state index contributed by atoms with van der Waals surface area (Å²) in [6.07, 6.45) is 88.1. The predicted molar refractivity (Wildman–Crippen MR) is 320 cm³/mol. The van der Waals surface area contributed by atoms with E-state index in [0.717, 1.165) is 161 Å². The summed E-state index contributed by atoms with van der Waals surface area (Å²) in [7, 11) is 0. The van der Waals surface area contributed by atoms with Gasteiger partial charge in [0.05, 0.1) is 0 Å². The molecular formula is C68H106O6. The number of allylic oxidation sites excluding steroid dienone is 26. The number of carbonyl (C=O) groups excluding carboxylic acids is 3. The van der Waals surface area contributed by atoms with E-state index in [-0.39, 0.29) is 37.5 Å². The lowest BCUT2D eigenvalue weighted by Gasteiger charge is -2.18. The Hall–Kier alpha value is -4.97. The van der Waals surface area contributed by atoms with E-state index in [0.29, 0.717) is 19.3 Å². The van der Waals surface area contributed by atoms with Crippen molar-refractivity contribution in [2.75, 3.05) is 13.2 Å². The number of esters is 3. The van der Waals surface area contributed by atoms with Crippen LogP contribution in [-0.4, -0.2) is 37.2 Å². The van der Waals surface area contributed by atoms with Gasteiger partial charge in [-0.25, -0.2) is 0 Å². The van der Waals surface area contributed by atoms with Crippen LogP contribution in [0.4, 0.5) is 0 Å². The predicted octanol–water partition coefficient (Wildman–Crippen LogP) is 20.1. The summed E-state index contributed by atoms with van der Waals surface area (Å²) < 4.78 is 16.8. The molecule has 0 saturated carbocycles. The van der Waals surface area contributed by atoms with Gasteiger partial charge in [0.2, 0.25) is 0 Å². The second kappa shape index (κ2) is 60.6. The molecule has 74 heavy (non-hydrogen) atoms. The molecule has 0 N–H and O–H groups in total. The van der Waals surface area contributed by atoms with E-state index in [9.17, 15) is 14.4 Å². The van der Waals surface area contributed by atoms with Crippen LogP contribution < -0.4 is 0 Å². The largest absolute Gasteiger partial charge is 0.462 e. The van der Waals surface area contributed by atoms with Crippen molar-refractivity contribution < 1.29 is 28.6 Å². The summed E-state index contributed by atoms with van der Waals surface area (Å²) in [4.78, 5) is 38.1. The average Bonchev–Trinajstić information content (AvgIpc) is 3.40. The minimum Gasteiger partial charge on any atom is -0.462 e. The number of hydrogen-bond donors (Lipinski definition) is 0. The third-order valence-corrected chi connectivity index (χ3v) is 11.7. The molecule has 1 atom stereocenters. The Kier molecular flexibility index (Phi) is 56.5. The minimum atomic E-state index is -0.819. The van der Waals surface area contributed by atoms with E-state index in [2.05, 4.69) is 179 Å². The highest BCUT2D eigenvalue weighted by Gasteiger charge is 2.19. The van der Waals surface area contributed by atoms with Crippen molar-refractivity contribution in [3.63, 3.8) is 0 Å². The summed E-state index contributed by atoms with van der Waals surface area (Å²) in [6.45, 7) is 6.28. The molecule has 414 valence electrons. The van der Waals surface area contributed by atoms with E-state index in [1.807, 2.05) is 0 Å². The van der Waals surface area contributed by atoms with Crippen LogP contribution in [0.25, 0.3) is 0 Å². The average molecular weight is 1020 g/mol. The number of unbranched alkanes of at least 4 members (excludes halogenated alkanes) is 14. The van der Waals surface area contributed by atoms with Gasteiger partial charge in [-0.3, -0.25) is 14.4 Å². The summed E-state index contributed by atoms with van der Waals surface area (Å²) in [6, 6.07) is 0. The Bertz CT molecular complexity index is 1690. The molecule has 6 heteroatoms. The second-order valence-corrected chi connectivity index (χ2v) is 18.8.